The second kappa shape index (κ2) is 8.81. The summed E-state index contributed by atoms with van der Waals surface area (Å²) in [7, 11) is 0. The molecule has 1 saturated carbocycles. The van der Waals surface area contributed by atoms with E-state index >= 15 is 0 Å². The molecule has 0 bridgehead atoms. The van der Waals surface area contributed by atoms with Crippen LogP contribution in [0.5, 0.6) is 0 Å². The molecule has 0 radical (unpaired) electrons. The summed E-state index contributed by atoms with van der Waals surface area (Å²) in [6.45, 7) is 6.09. The number of rotatable bonds is 3. The molecule has 12 heteroatoms. The van der Waals surface area contributed by atoms with Gasteiger partial charge in [0.05, 0.1) is 16.5 Å². The fourth-order valence-corrected chi connectivity index (χ4v) is 6.32. The van der Waals surface area contributed by atoms with Crippen LogP contribution in [0.4, 0.5) is 23.7 Å². The number of hydrogen-bond donors (Lipinski definition) is 0. The Morgan fingerprint density at radius 2 is 1.90 bits per heavy atom. The summed E-state index contributed by atoms with van der Waals surface area (Å²) in [6, 6.07) is 8.85. The summed E-state index contributed by atoms with van der Waals surface area (Å²) in [5, 5.41) is 18.4. The van der Waals surface area contributed by atoms with Gasteiger partial charge in [0.25, 0.3) is 0 Å². The van der Waals surface area contributed by atoms with E-state index in [0.717, 1.165) is 0 Å². The molecule has 3 aliphatic rings. The van der Waals surface area contributed by atoms with E-state index in [2.05, 4.69) is 21.3 Å². The molecule has 3 fully saturated rings. The Kier molecular flexibility index (Phi) is 5.80. The van der Waals surface area contributed by atoms with E-state index in [1.165, 1.54) is 0 Å². The van der Waals surface area contributed by atoms with Gasteiger partial charge in [-0.3, -0.25) is 4.98 Å². The number of halogens is 3. The van der Waals surface area contributed by atoms with Crippen LogP contribution < -0.4 is 4.90 Å². The highest BCUT2D eigenvalue weighted by Crippen LogP contribution is 2.75. The van der Waals surface area contributed by atoms with Gasteiger partial charge in [0.2, 0.25) is 11.8 Å². The SMILES string of the molecule is CC(C)(C)OC(=O)N1CCC(c2nnc([C@]34CN(c5ccc(C#N)c6ncccc56)C[C@@]3(C(F)(F)F)C4)o2)CC1. The van der Waals surface area contributed by atoms with Crippen LogP contribution in [-0.2, 0) is 10.2 Å². The molecule has 1 aliphatic carbocycles. The smallest absolute Gasteiger partial charge is 0.410 e. The molecular formula is C28H29F3N6O3. The molecule has 3 aromatic rings. The van der Waals surface area contributed by atoms with Gasteiger partial charge in [0.1, 0.15) is 17.1 Å². The third-order valence-corrected chi connectivity index (χ3v) is 8.41. The van der Waals surface area contributed by atoms with E-state index in [-0.39, 0.29) is 37.4 Å². The minimum absolute atomic E-state index is 0.00738. The summed E-state index contributed by atoms with van der Waals surface area (Å²) in [5.74, 6) is 0.164. The lowest BCUT2D eigenvalue weighted by molar-refractivity contribution is -0.187. The number of ether oxygens (including phenoxy) is 1. The standard InChI is InChI=1S/C28H29F3N6O3/c1-25(2,3)40-24(38)36-11-8-17(9-12-36)22-34-35-23(39-22)26-14-27(26,28(29,30)31)16-37(15-26)20-7-6-18(13-32)21-19(20)5-4-10-33-21/h4-7,10,17H,8-9,11-12,14-16H2,1-3H3/t26-,27-/m0/s1. The van der Waals surface area contributed by atoms with Gasteiger partial charge in [-0.15, -0.1) is 10.2 Å². The third kappa shape index (κ3) is 4.05. The van der Waals surface area contributed by atoms with Gasteiger partial charge < -0.3 is 19.0 Å². The second-order valence-electron chi connectivity index (χ2n) is 12.0. The minimum Gasteiger partial charge on any atom is -0.444 e. The summed E-state index contributed by atoms with van der Waals surface area (Å²) in [5.41, 5.74) is -2.55. The third-order valence-electron chi connectivity index (χ3n) is 8.41. The van der Waals surface area contributed by atoms with Crippen molar-refractivity contribution in [1.82, 2.24) is 20.1 Å². The molecule has 2 saturated heterocycles. The Hall–Kier alpha value is -3.88. The number of likely N-dealkylation sites (tertiary alicyclic amines) is 1. The molecule has 2 aliphatic heterocycles. The van der Waals surface area contributed by atoms with Crippen LogP contribution in [0.15, 0.2) is 34.9 Å². The lowest BCUT2D eigenvalue weighted by atomic mass is 9.95. The Balaban J connectivity index is 1.25. The zero-order chi connectivity index (χ0) is 28.5. The minimum atomic E-state index is -4.48. The Labute approximate surface area is 228 Å². The Bertz CT molecular complexity index is 1520. The number of anilines is 1. The number of fused-ring (bicyclic) bond motifs is 2. The monoisotopic (exact) mass is 554 g/mol. The first kappa shape index (κ1) is 26.3. The number of alkyl halides is 3. The number of carbonyl (C=O) groups excluding carboxylic acids is 1. The maximum atomic E-state index is 14.6. The first-order valence-electron chi connectivity index (χ1n) is 13.3. The molecule has 2 atom stereocenters. The number of benzene rings is 1. The Morgan fingerprint density at radius 3 is 2.58 bits per heavy atom. The van der Waals surface area contributed by atoms with Crippen molar-refractivity contribution in [3.8, 4) is 6.07 Å². The average Bonchev–Trinajstić information content (AvgIpc) is 3.21. The van der Waals surface area contributed by atoms with E-state index in [1.54, 1.807) is 61.0 Å². The Morgan fingerprint density at radius 1 is 1.15 bits per heavy atom. The van der Waals surface area contributed by atoms with Crippen molar-refractivity contribution >= 4 is 22.7 Å². The highest BCUT2D eigenvalue weighted by atomic mass is 19.4. The number of nitriles is 1. The highest BCUT2D eigenvalue weighted by Gasteiger charge is 2.86. The molecule has 9 nitrogen and oxygen atoms in total. The van der Waals surface area contributed by atoms with Gasteiger partial charge in [-0.2, -0.15) is 18.4 Å². The molecule has 1 amide bonds. The van der Waals surface area contributed by atoms with Crippen LogP contribution in [0.25, 0.3) is 10.9 Å². The number of nitrogens with zero attached hydrogens (tertiary/aromatic N) is 6. The largest absolute Gasteiger partial charge is 0.444 e. The number of aromatic nitrogens is 3. The second-order valence-corrected chi connectivity index (χ2v) is 12.0. The maximum Gasteiger partial charge on any atom is 0.410 e. The maximum absolute atomic E-state index is 14.6. The topological polar surface area (TPSA) is 108 Å². The summed E-state index contributed by atoms with van der Waals surface area (Å²) in [4.78, 5) is 20.0. The zero-order valence-electron chi connectivity index (χ0n) is 22.5. The quantitative estimate of drug-likeness (QED) is 0.428. The van der Waals surface area contributed by atoms with Gasteiger partial charge in [-0.05, 0) is 64.3 Å². The van der Waals surface area contributed by atoms with E-state index in [1.807, 2.05) is 0 Å². The number of carbonyl (C=O) groups is 1. The molecule has 210 valence electrons. The number of pyridine rings is 1. The molecule has 0 spiro atoms. The fraction of sp³-hybridized carbons (Fsp3) is 0.536. The van der Waals surface area contributed by atoms with Gasteiger partial charge in [-0.25, -0.2) is 4.79 Å². The summed E-state index contributed by atoms with van der Waals surface area (Å²) < 4.78 is 55.3. The summed E-state index contributed by atoms with van der Waals surface area (Å²) in [6.07, 6.45) is -2.32. The van der Waals surface area contributed by atoms with Crippen LogP contribution in [0, 0.1) is 16.7 Å². The molecule has 6 rings (SSSR count). The first-order chi connectivity index (χ1) is 18.9. The van der Waals surface area contributed by atoms with Gasteiger partial charge in [-0.1, -0.05) is 0 Å². The lowest BCUT2D eigenvalue weighted by Crippen LogP contribution is -2.41. The predicted molar refractivity (Wildman–Crippen MR) is 138 cm³/mol. The molecule has 4 heterocycles. The van der Waals surface area contributed by atoms with Crippen LogP contribution in [0.3, 0.4) is 0 Å². The molecule has 0 unspecified atom stereocenters. The average molecular weight is 555 g/mol. The number of piperidine rings is 2. The van der Waals surface area contributed by atoms with Crippen molar-refractivity contribution in [3.63, 3.8) is 0 Å². The number of amides is 1. The predicted octanol–water partition coefficient (Wildman–Crippen LogP) is 5.31. The van der Waals surface area contributed by atoms with Gasteiger partial charge in [0, 0.05) is 49.4 Å². The van der Waals surface area contributed by atoms with Crippen LogP contribution in [-0.4, -0.2) is 64.1 Å². The first-order valence-corrected chi connectivity index (χ1v) is 13.3. The number of hydrogen-bond acceptors (Lipinski definition) is 8. The van der Waals surface area contributed by atoms with Crippen molar-refractivity contribution in [3.05, 3.63) is 47.8 Å². The van der Waals surface area contributed by atoms with Crippen LogP contribution >= 0.6 is 0 Å². The van der Waals surface area contributed by atoms with E-state index in [0.29, 0.717) is 54.0 Å². The molecule has 0 N–H and O–H groups in total. The molecule has 2 aromatic heterocycles. The normalized spacial score (nSPS) is 25.1. The van der Waals surface area contributed by atoms with E-state index < -0.39 is 22.6 Å². The molecular weight excluding hydrogens is 525 g/mol. The summed E-state index contributed by atoms with van der Waals surface area (Å²) >= 11 is 0. The van der Waals surface area contributed by atoms with Crippen molar-refractivity contribution in [2.45, 2.75) is 63.1 Å². The highest BCUT2D eigenvalue weighted by molar-refractivity contribution is 5.95. The van der Waals surface area contributed by atoms with Crippen molar-refractivity contribution in [2.24, 2.45) is 5.41 Å². The van der Waals surface area contributed by atoms with Gasteiger partial charge >= 0.3 is 12.3 Å². The van der Waals surface area contributed by atoms with Crippen LogP contribution in [0.1, 0.15) is 63.3 Å². The molecule has 1 aromatic carbocycles. The van der Waals surface area contributed by atoms with Crippen LogP contribution in [0.2, 0.25) is 0 Å². The lowest BCUT2D eigenvalue weighted by Gasteiger charge is -2.32. The van der Waals surface area contributed by atoms with Gasteiger partial charge in [0.15, 0.2) is 0 Å². The van der Waals surface area contributed by atoms with Crippen molar-refractivity contribution < 1.29 is 27.1 Å². The fourth-order valence-electron chi connectivity index (χ4n) is 6.32. The van der Waals surface area contributed by atoms with Crippen molar-refractivity contribution in [1.29, 1.82) is 5.26 Å². The van der Waals surface area contributed by atoms with E-state index in [9.17, 15) is 23.2 Å². The molecule has 40 heavy (non-hydrogen) atoms. The zero-order valence-corrected chi connectivity index (χ0v) is 22.5. The van der Waals surface area contributed by atoms with Crippen molar-refractivity contribution in [2.75, 3.05) is 31.1 Å². The van der Waals surface area contributed by atoms with E-state index in [4.69, 9.17) is 9.15 Å².